The van der Waals surface area contributed by atoms with Gasteiger partial charge in [-0.05, 0) is 18.6 Å². The van der Waals surface area contributed by atoms with Gasteiger partial charge in [0.05, 0.1) is 6.54 Å². The summed E-state index contributed by atoms with van der Waals surface area (Å²) in [5.41, 5.74) is 2.01. The number of hydrogen-bond acceptors (Lipinski definition) is 4. The van der Waals surface area contributed by atoms with Crippen LogP contribution in [-0.2, 0) is 6.54 Å². The van der Waals surface area contributed by atoms with Crippen LogP contribution in [0, 0.1) is 6.92 Å². The molecule has 0 atom stereocenters. The van der Waals surface area contributed by atoms with Crippen LogP contribution in [0.1, 0.15) is 21.9 Å². The SMILES string of the molecule is Cc1ccccc1NCc1nc(C(=O)O)co1. The van der Waals surface area contributed by atoms with Gasteiger partial charge in [0.15, 0.2) is 5.69 Å². The Kier molecular flexibility index (Phi) is 3.09. The van der Waals surface area contributed by atoms with Crippen molar-refractivity contribution in [3.05, 3.63) is 47.7 Å². The number of nitrogens with one attached hydrogen (secondary N) is 1. The van der Waals surface area contributed by atoms with Crippen molar-refractivity contribution in [2.45, 2.75) is 13.5 Å². The molecule has 0 aliphatic heterocycles. The number of aromatic carboxylic acids is 1. The summed E-state index contributed by atoms with van der Waals surface area (Å²) in [5.74, 6) is -0.735. The lowest BCUT2D eigenvalue weighted by molar-refractivity contribution is 0.0690. The molecule has 0 spiro atoms. The highest BCUT2D eigenvalue weighted by Gasteiger charge is 2.09. The van der Waals surface area contributed by atoms with E-state index < -0.39 is 5.97 Å². The number of benzene rings is 1. The van der Waals surface area contributed by atoms with Crippen molar-refractivity contribution in [1.29, 1.82) is 0 Å². The lowest BCUT2D eigenvalue weighted by Gasteiger charge is -2.06. The Bertz CT molecular complexity index is 534. The highest BCUT2D eigenvalue weighted by atomic mass is 16.4. The quantitative estimate of drug-likeness (QED) is 0.845. The van der Waals surface area contributed by atoms with Crippen LogP contribution in [0.2, 0.25) is 0 Å². The molecule has 17 heavy (non-hydrogen) atoms. The van der Waals surface area contributed by atoms with E-state index in [9.17, 15) is 4.79 Å². The number of aromatic nitrogens is 1. The molecular weight excluding hydrogens is 220 g/mol. The molecule has 0 bridgehead atoms. The molecule has 0 fully saturated rings. The molecule has 0 aliphatic carbocycles. The molecule has 1 aromatic carbocycles. The van der Waals surface area contributed by atoms with E-state index in [1.807, 2.05) is 31.2 Å². The van der Waals surface area contributed by atoms with Crippen LogP contribution in [0.4, 0.5) is 5.69 Å². The standard InChI is InChI=1S/C12H12N2O3/c1-8-4-2-3-5-9(8)13-6-11-14-10(7-17-11)12(15)16/h2-5,7,13H,6H2,1H3,(H,15,16). The maximum Gasteiger partial charge on any atom is 0.357 e. The van der Waals surface area contributed by atoms with Gasteiger partial charge in [-0.25, -0.2) is 9.78 Å². The maximum atomic E-state index is 10.6. The summed E-state index contributed by atoms with van der Waals surface area (Å²) in [6.45, 7) is 2.35. The predicted molar refractivity (Wildman–Crippen MR) is 62.0 cm³/mol. The largest absolute Gasteiger partial charge is 0.476 e. The first kappa shape index (κ1) is 11.2. The van der Waals surface area contributed by atoms with Gasteiger partial charge < -0.3 is 14.8 Å². The van der Waals surface area contributed by atoms with Crippen molar-refractivity contribution in [1.82, 2.24) is 4.98 Å². The third-order valence-electron chi connectivity index (χ3n) is 2.35. The molecule has 0 aliphatic rings. The smallest absolute Gasteiger partial charge is 0.357 e. The normalized spacial score (nSPS) is 10.2. The van der Waals surface area contributed by atoms with Gasteiger partial charge in [-0.3, -0.25) is 0 Å². The lowest BCUT2D eigenvalue weighted by Crippen LogP contribution is -2.02. The number of carboxylic acids is 1. The van der Waals surface area contributed by atoms with E-state index >= 15 is 0 Å². The number of rotatable bonds is 4. The van der Waals surface area contributed by atoms with Crippen molar-refractivity contribution in [3.63, 3.8) is 0 Å². The molecule has 2 rings (SSSR count). The molecular formula is C12H12N2O3. The zero-order chi connectivity index (χ0) is 12.3. The van der Waals surface area contributed by atoms with Crippen LogP contribution < -0.4 is 5.32 Å². The molecule has 0 saturated carbocycles. The number of anilines is 1. The molecule has 1 heterocycles. The number of aryl methyl sites for hydroxylation is 1. The van der Waals surface area contributed by atoms with Gasteiger partial charge in [0.25, 0.3) is 0 Å². The summed E-state index contributed by atoms with van der Waals surface area (Å²) in [4.78, 5) is 14.4. The second kappa shape index (κ2) is 4.69. The van der Waals surface area contributed by atoms with Crippen molar-refractivity contribution >= 4 is 11.7 Å². The van der Waals surface area contributed by atoms with Crippen LogP contribution in [0.15, 0.2) is 34.9 Å². The minimum Gasteiger partial charge on any atom is -0.476 e. The minimum absolute atomic E-state index is 0.0772. The maximum absolute atomic E-state index is 10.6. The second-order valence-corrected chi connectivity index (χ2v) is 3.60. The molecule has 2 aromatic rings. The zero-order valence-electron chi connectivity index (χ0n) is 9.30. The van der Waals surface area contributed by atoms with Crippen molar-refractivity contribution in [3.8, 4) is 0 Å². The summed E-state index contributed by atoms with van der Waals surface area (Å²) in [6.07, 6.45) is 1.14. The highest BCUT2D eigenvalue weighted by Crippen LogP contribution is 2.14. The highest BCUT2D eigenvalue weighted by molar-refractivity contribution is 5.84. The third-order valence-corrected chi connectivity index (χ3v) is 2.35. The van der Waals surface area contributed by atoms with E-state index in [2.05, 4.69) is 10.3 Å². The average molecular weight is 232 g/mol. The van der Waals surface area contributed by atoms with Crippen LogP contribution in [-0.4, -0.2) is 16.1 Å². The molecule has 0 unspecified atom stereocenters. The van der Waals surface area contributed by atoms with E-state index in [0.717, 1.165) is 17.5 Å². The topological polar surface area (TPSA) is 75.4 Å². The molecule has 2 N–H and O–H groups in total. The Labute approximate surface area is 98.1 Å². The van der Waals surface area contributed by atoms with E-state index in [1.54, 1.807) is 0 Å². The van der Waals surface area contributed by atoms with Crippen LogP contribution in [0.5, 0.6) is 0 Å². The van der Waals surface area contributed by atoms with Crippen LogP contribution in [0.25, 0.3) is 0 Å². The Morgan fingerprint density at radius 1 is 1.47 bits per heavy atom. The Morgan fingerprint density at radius 2 is 2.24 bits per heavy atom. The predicted octanol–water partition coefficient (Wildman–Crippen LogP) is 2.29. The van der Waals surface area contributed by atoms with Crippen molar-refractivity contribution in [2.24, 2.45) is 0 Å². The van der Waals surface area contributed by atoms with E-state index in [-0.39, 0.29) is 5.69 Å². The van der Waals surface area contributed by atoms with Gasteiger partial charge in [-0.2, -0.15) is 0 Å². The van der Waals surface area contributed by atoms with Crippen molar-refractivity contribution < 1.29 is 14.3 Å². The summed E-state index contributed by atoms with van der Waals surface area (Å²) in [7, 11) is 0. The van der Waals surface area contributed by atoms with E-state index in [1.165, 1.54) is 0 Å². The number of nitrogens with zero attached hydrogens (tertiary/aromatic N) is 1. The molecule has 5 heteroatoms. The summed E-state index contributed by atoms with van der Waals surface area (Å²) < 4.78 is 5.03. The lowest BCUT2D eigenvalue weighted by atomic mass is 10.2. The fourth-order valence-corrected chi connectivity index (χ4v) is 1.43. The molecule has 0 radical (unpaired) electrons. The van der Waals surface area contributed by atoms with Gasteiger partial charge >= 0.3 is 5.97 Å². The first-order valence-electron chi connectivity index (χ1n) is 5.14. The van der Waals surface area contributed by atoms with Crippen LogP contribution >= 0.6 is 0 Å². The Balaban J connectivity index is 2.02. The fraction of sp³-hybridized carbons (Fsp3) is 0.167. The molecule has 5 nitrogen and oxygen atoms in total. The summed E-state index contributed by atoms with van der Waals surface area (Å²) in [6, 6.07) is 7.80. The van der Waals surface area contributed by atoms with Gasteiger partial charge in [-0.15, -0.1) is 0 Å². The third kappa shape index (κ3) is 2.63. The number of carbonyl (C=O) groups is 1. The average Bonchev–Trinajstić information content (AvgIpc) is 2.77. The van der Waals surface area contributed by atoms with Gasteiger partial charge in [0, 0.05) is 5.69 Å². The van der Waals surface area contributed by atoms with Crippen LogP contribution in [0.3, 0.4) is 0 Å². The molecule has 0 amide bonds. The Hall–Kier alpha value is -2.30. The second-order valence-electron chi connectivity index (χ2n) is 3.60. The number of carboxylic acid groups (broad SMARTS) is 1. The van der Waals surface area contributed by atoms with E-state index in [4.69, 9.17) is 9.52 Å². The molecule has 0 saturated heterocycles. The molecule has 88 valence electrons. The number of para-hydroxylation sites is 1. The first-order chi connectivity index (χ1) is 8.16. The van der Waals surface area contributed by atoms with Gasteiger partial charge in [0.2, 0.25) is 5.89 Å². The van der Waals surface area contributed by atoms with E-state index in [0.29, 0.717) is 12.4 Å². The fourth-order valence-electron chi connectivity index (χ4n) is 1.43. The Morgan fingerprint density at radius 3 is 2.88 bits per heavy atom. The summed E-state index contributed by atoms with van der Waals surface area (Å²) >= 11 is 0. The molecule has 1 aromatic heterocycles. The summed E-state index contributed by atoms with van der Waals surface area (Å²) in [5, 5.41) is 11.8. The first-order valence-corrected chi connectivity index (χ1v) is 5.14. The number of oxazole rings is 1. The zero-order valence-corrected chi connectivity index (χ0v) is 9.30. The van der Waals surface area contributed by atoms with Gasteiger partial charge in [0.1, 0.15) is 6.26 Å². The monoisotopic (exact) mass is 232 g/mol. The van der Waals surface area contributed by atoms with Gasteiger partial charge in [-0.1, -0.05) is 18.2 Å². The van der Waals surface area contributed by atoms with Crippen molar-refractivity contribution in [2.75, 3.05) is 5.32 Å². The minimum atomic E-state index is -1.09. The number of hydrogen-bond donors (Lipinski definition) is 2.